The zero-order chi connectivity index (χ0) is 14.7. The van der Waals surface area contributed by atoms with Crippen LogP contribution in [0.2, 0.25) is 0 Å². The van der Waals surface area contributed by atoms with Crippen molar-refractivity contribution in [2.24, 2.45) is 0 Å². The molecule has 6 nitrogen and oxygen atoms in total. The SMILES string of the molecule is CC(C)(C)OC(=O)[C@H](O)[C@@H](O)C(=O)OC(C)(C)C.[CH3-].[CH3-].[Zn].[Zn]. The molecule has 126 valence electrons. The van der Waals surface area contributed by atoms with Crippen LogP contribution in [0.1, 0.15) is 41.5 Å². The molecule has 0 rings (SSSR count). The van der Waals surface area contributed by atoms with E-state index in [0.717, 1.165) is 0 Å². The molecule has 0 saturated carbocycles. The van der Waals surface area contributed by atoms with E-state index in [4.69, 9.17) is 9.47 Å². The molecule has 2 N–H and O–H groups in total. The van der Waals surface area contributed by atoms with Gasteiger partial charge in [0.25, 0.3) is 0 Å². The molecule has 0 unspecified atom stereocenters. The van der Waals surface area contributed by atoms with Crippen LogP contribution in [-0.4, -0.2) is 45.6 Å². The van der Waals surface area contributed by atoms with Crippen molar-refractivity contribution in [2.75, 3.05) is 0 Å². The van der Waals surface area contributed by atoms with Gasteiger partial charge in [0, 0.05) is 39.0 Å². The van der Waals surface area contributed by atoms with Gasteiger partial charge < -0.3 is 34.5 Å². The van der Waals surface area contributed by atoms with Crippen LogP contribution in [0.15, 0.2) is 0 Å². The van der Waals surface area contributed by atoms with Crippen LogP contribution >= 0.6 is 0 Å². The maximum absolute atomic E-state index is 11.4. The third-order valence-corrected chi connectivity index (χ3v) is 1.60. The first kappa shape index (κ1) is 33.7. The minimum Gasteiger partial charge on any atom is -0.458 e. The summed E-state index contributed by atoms with van der Waals surface area (Å²) >= 11 is 0. The van der Waals surface area contributed by atoms with Gasteiger partial charge in [-0.15, -0.1) is 0 Å². The first-order valence-corrected chi connectivity index (χ1v) is 5.65. The summed E-state index contributed by atoms with van der Waals surface area (Å²) in [5.74, 6) is -2.14. The van der Waals surface area contributed by atoms with Gasteiger partial charge in [0.05, 0.1) is 0 Å². The van der Waals surface area contributed by atoms with E-state index in [9.17, 15) is 19.8 Å². The molecule has 0 heterocycles. The Morgan fingerprint density at radius 2 is 0.909 bits per heavy atom. The molecule has 0 spiro atoms. The Hall–Kier alpha value is 0.107. The Kier molecular flexibility index (Phi) is 19.2. The Balaban J connectivity index is -0.000000241. The molecular weight excluding hydrogens is 395 g/mol. The zero-order valence-electron chi connectivity index (χ0n) is 15.1. The Labute approximate surface area is 159 Å². The van der Waals surface area contributed by atoms with E-state index in [1.807, 2.05) is 0 Å². The molecular formula is C14H28O6Zn2-2. The maximum atomic E-state index is 11.4. The predicted octanol–water partition coefficient (Wildman–Crippen LogP) is 1.29. The first-order valence-electron chi connectivity index (χ1n) is 5.65. The van der Waals surface area contributed by atoms with E-state index in [-0.39, 0.29) is 53.8 Å². The summed E-state index contributed by atoms with van der Waals surface area (Å²) in [4.78, 5) is 22.9. The van der Waals surface area contributed by atoms with Gasteiger partial charge in [0.15, 0.2) is 12.2 Å². The average Bonchev–Trinajstić information content (AvgIpc) is 2.09. The largest absolute Gasteiger partial charge is 0.458 e. The molecule has 0 aliphatic rings. The van der Waals surface area contributed by atoms with E-state index in [1.54, 1.807) is 41.5 Å². The summed E-state index contributed by atoms with van der Waals surface area (Å²) in [6.45, 7) is 9.65. The van der Waals surface area contributed by atoms with E-state index < -0.39 is 35.3 Å². The summed E-state index contributed by atoms with van der Waals surface area (Å²) in [5.41, 5.74) is -1.63. The number of carbonyl (C=O) groups excluding carboxylic acids is 2. The van der Waals surface area contributed by atoms with Crippen molar-refractivity contribution in [3.8, 4) is 0 Å². The topological polar surface area (TPSA) is 93.1 Å². The molecule has 0 aliphatic heterocycles. The number of hydrogen-bond donors (Lipinski definition) is 2. The minimum atomic E-state index is -1.96. The van der Waals surface area contributed by atoms with Crippen LogP contribution in [0, 0.1) is 14.9 Å². The van der Waals surface area contributed by atoms with Crippen LogP contribution in [0.4, 0.5) is 0 Å². The van der Waals surface area contributed by atoms with Gasteiger partial charge in [0.1, 0.15) is 11.2 Å². The third kappa shape index (κ3) is 15.0. The van der Waals surface area contributed by atoms with E-state index in [2.05, 4.69) is 0 Å². The summed E-state index contributed by atoms with van der Waals surface area (Å²) in [6.07, 6.45) is -3.92. The molecule has 0 amide bonds. The molecule has 0 radical (unpaired) electrons. The number of esters is 2. The summed E-state index contributed by atoms with van der Waals surface area (Å²) in [6, 6.07) is 0. The first-order chi connectivity index (χ1) is 7.83. The molecule has 8 heteroatoms. The quantitative estimate of drug-likeness (QED) is 0.404. The van der Waals surface area contributed by atoms with Crippen molar-refractivity contribution in [1.29, 1.82) is 0 Å². The van der Waals surface area contributed by atoms with Gasteiger partial charge in [-0.3, -0.25) is 0 Å². The van der Waals surface area contributed by atoms with Crippen LogP contribution in [-0.2, 0) is 58.0 Å². The monoisotopic (exact) mass is 420 g/mol. The van der Waals surface area contributed by atoms with E-state index in [0.29, 0.717) is 0 Å². The number of ether oxygens (including phenoxy) is 2. The van der Waals surface area contributed by atoms with Gasteiger partial charge in [-0.25, -0.2) is 9.59 Å². The van der Waals surface area contributed by atoms with Crippen LogP contribution < -0.4 is 0 Å². The van der Waals surface area contributed by atoms with Crippen LogP contribution in [0.3, 0.4) is 0 Å². The molecule has 0 aliphatic carbocycles. The fourth-order valence-electron chi connectivity index (χ4n) is 0.982. The van der Waals surface area contributed by atoms with Gasteiger partial charge in [-0.2, -0.15) is 0 Å². The summed E-state index contributed by atoms with van der Waals surface area (Å²) in [5, 5.41) is 19.0. The van der Waals surface area contributed by atoms with E-state index >= 15 is 0 Å². The van der Waals surface area contributed by atoms with Crippen molar-refractivity contribution in [3.63, 3.8) is 0 Å². The molecule has 0 aromatic rings. The fraction of sp³-hybridized carbons (Fsp3) is 0.714. The second-order valence-corrected chi connectivity index (χ2v) is 5.96. The van der Waals surface area contributed by atoms with Crippen molar-refractivity contribution >= 4 is 11.9 Å². The third-order valence-electron chi connectivity index (χ3n) is 1.60. The fourth-order valence-corrected chi connectivity index (χ4v) is 0.982. The second kappa shape index (κ2) is 12.5. The molecule has 0 aromatic carbocycles. The normalized spacial score (nSPS) is 12.9. The molecule has 0 bridgehead atoms. The summed E-state index contributed by atoms with van der Waals surface area (Å²) in [7, 11) is 0. The second-order valence-electron chi connectivity index (χ2n) is 5.96. The van der Waals surface area contributed by atoms with Gasteiger partial charge in [-0.1, -0.05) is 0 Å². The van der Waals surface area contributed by atoms with Crippen molar-refractivity contribution < 1.29 is 68.2 Å². The standard InChI is InChI=1S/C12H22O6.2CH3.2Zn/c1-11(2,3)17-9(15)7(13)8(14)10(16)18-12(4,5)6;;;;/h7-8,13-14H,1-6H3;2*1H3;;/q;2*-1;;/t7-,8-;;;;/m1..../s1. The number of carbonyl (C=O) groups is 2. The van der Waals surface area contributed by atoms with E-state index in [1.165, 1.54) is 0 Å². The van der Waals surface area contributed by atoms with Crippen molar-refractivity contribution in [3.05, 3.63) is 14.9 Å². The Morgan fingerprint density at radius 1 is 0.727 bits per heavy atom. The summed E-state index contributed by atoms with van der Waals surface area (Å²) < 4.78 is 9.69. The van der Waals surface area contributed by atoms with Crippen LogP contribution in [0.5, 0.6) is 0 Å². The average molecular weight is 423 g/mol. The van der Waals surface area contributed by atoms with Gasteiger partial charge >= 0.3 is 11.9 Å². The maximum Gasteiger partial charge on any atom is 0.338 e. The van der Waals surface area contributed by atoms with Crippen LogP contribution in [0.25, 0.3) is 0 Å². The number of rotatable bonds is 3. The number of aliphatic hydroxyl groups is 2. The minimum absolute atomic E-state index is 0. The zero-order valence-corrected chi connectivity index (χ0v) is 21.0. The number of hydrogen-bond acceptors (Lipinski definition) is 6. The Morgan fingerprint density at radius 3 is 1.05 bits per heavy atom. The molecule has 0 fully saturated rings. The van der Waals surface area contributed by atoms with Gasteiger partial charge in [-0.05, 0) is 41.5 Å². The molecule has 0 saturated heterocycles. The predicted molar refractivity (Wildman–Crippen MR) is 76.5 cm³/mol. The molecule has 2 atom stereocenters. The van der Waals surface area contributed by atoms with Crippen molar-refractivity contribution in [2.45, 2.75) is 65.0 Å². The number of aliphatic hydroxyl groups excluding tert-OH is 2. The van der Waals surface area contributed by atoms with Crippen molar-refractivity contribution in [1.82, 2.24) is 0 Å². The Bertz CT molecular complexity index is 288. The smallest absolute Gasteiger partial charge is 0.338 e. The van der Waals surface area contributed by atoms with Gasteiger partial charge in [0.2, 0.25) is 0 Å². The molecule has 0 aromatic heterocycles. The molecule has 22 heavy (non-hydrogen) atoms.